The lowest BCUT2D eigenvalue weighted by Gasteiger charge is -2.42. The zero-order valence-corrected chi connectivity index (χ0v) is 12.5. The SMILES string of the molecule is O=C(c1nc2ccccc2s1)N1CC(N2C(=O)CCC2=O)C1. The number of carbonyl (C=O) groups excluding carboxylic acids is 3. The Balaban J connectivity index is 1.47. The van der Waals surface area contributed by atoms with Crippen LogP contribution >= 0.6 is 11.3 Å². The van der Waals surface area contributed by atoms with Gasteiger partial charge in [-0.25, -0.2) is 4.98 Å². The van der Waals surface area contributed by atoms with Gasteiger partial charge in [0.2, 0.25) is 11.8 Å². The monoisotopic (exact) mass is 315 g/mol. The fraction of sp³-hybridized carbons (Fsp3) is 0.333. The van der Waals surface area contributed by atoms with E-state index >= 15 is 0 Å². The van der Waals surface area contributed by atoms with Crippen molar-refractivity contribution in [1.82, 2.24) is 14.8 Å². The van der Waals surface area contributed by atoms with Gasteiger partial charge in [0, 0.05) is 25.9 Å². The molecule has 0 unspecified atom stereocenters. The molecular formula is C15H13N3O3S. The molecule has 1 aromatic heterocycles. The van der Waals surface area contributed by atoms with E-state index in [-0.39, 0.29) is 23.8 Å². The number of hydrogen-bond donors (Lipinski definition) is 0. The van der Waals surface area contributed by atoms with Crippen molar-refractivity contribution in [3.63, 3.8) is 0 Å². The molecule has 0 spiro atoms. The first-order valence-corrected chi connectivity index (χ1v) is 7.95. The van der Waals surface area contributed by atoms with Crippen LogP contribution in [0.4, 0.5) is 0 Å². The summed E-state index contributed by atoms with van der Waals surface area (Å²) in [5, 5.41) is 0.457. The average molecular weight is 315 g/mol. The van der Waals surface area contributed by atoms with Gasteiger partial charge in [-0.15, -0.1) is 11.3 Å². The molecule has 7 heteroatoms. The van der Waals surface area contributed by atoms with Crippen molar-refractivity contribution >= 4 is 39.3 Å². The van der Waals surface area contributed by atoms with Crippen LogP contribution in [0.5, 0.6) is 0 Å². The number of hydrogen-bond acceptors (Lipinski definition) is 5. The van der Waals surface area contributed by atoms with Crippen LogP contribution in [0.2, 0.25) is 0 Å². The van der Waals surface area contributed by atoms with Crippen molar-refractivity contribution in [2.24, 2.45) is 0 Å². The fourth-order valence-corrected chi connectivity index (χ4v) is 3.82. The van der Waals surface area contributed by atoms with E-state index in [2.05, 4.69) is 4.98 Å². The second-order valence-electron chi connectivity index (χ2n) is 5.51. The molecule has 0 N–H and O–H groups in total. The lowest BCUT2D eigenvalue weighted by atomic mass is 10.1. The van der Waals surface area contributed by atoms with Gasteiger partial charge >= 0.3 is 0 Å². The van der Waals surface area contributed by atoms with E-state index in [1.807, 2.05) is 24.3 Å². The summed E-state index contributed by atoms with van der Waals surface area (Å²) in [5.41, 5.74) is 0.817. The normalized spacial score (nSPS) is 19.1. The Hall–Kier alpha value is -2.28. The summed E-state index contributed by atoms with van der Waals surface area (Å²) >= 11 is 1.37. The highest BCUT2D eigenvalue weighted by Crippen LogP contribution is 2.27. The molecule has 0 atom stereocenters. The topological polar surface area (TPSA) is 70.6 Å². The first-order chi connectivity index (χ1) is 10.6. The number of rotatable bonds is 2. The number of aromatic nitrogens is 1. The number of amides is 3. The van der Waals surface area contributed by atoms with Crippen molar-refractivity contribution < 1.29 is 14.4 Å². The lowest BCUT2D eigenvalue weighted by molar-refractivity contribution is -0.144. The van der Waals surface area contributed by atoms with E-state index in [0.717, 1.165) is 10.2 Å². The molecule has 2 aliphatic rings. The van der Waals surface area contributed by atoms with E-state index in [1.165, 1.54) is 16.2 Å². The molecule has 0 saturated carbocycles. The van der Waals surface area contributed by atoms with E-state index in [9.17, 15) is 14.4 Å². The predicted octanol–water partition coefficient (Wildman–Crippen LogP) is 1.27. The summed E-state index contributed by atoms with van der Waals surface area (Å²) in [6, 6.07) is 7.45. The largest absolute Gasteiger partial charge is 0.332 e. The van der Waals surface area contributed by atoms with Crippen LogP contribution in [-0.2, 0) is 9.59 Å². The van der Waals surface area contributed by atoms with Crippen molar-refractivity contribution in [3.05, 3.63) is 29.3 Å². The number of thiazole rings is 1. The number of likely N-dealkylation sites (tertiary alicyclic amines) is 2. The third kappa shape index (κ3) is 2.00. The average Bonchev–Trinajstić information content (AvgIpc) is 3.03. The van der Waals surface area contributed by atoms with E-state index in [0.29, 0.717) is 30.9 Å². The molecule has 0 bridgehead atoms. The van der Waals surface area contributed by atoms with E-state index < -0.39 is 0 Å². The highest BCUT2D eigenvalue weighted by molar-refractivity contribution is 7.20. The maximum Gasteiger partial charge on any atom is 0.283 e. The minimum Gasteiger partial charge on any atom is -0.332 e. The van der Waals surface area contributed by atoms with Gasteiger partial charge in [0.15, 0.2) is 5.01 Å². The Morgan fingerprint density at radius 2 is 1.82 bits per heavy atom. The van der Waals surface area contributed by atoms with Gasteiger partial charge < -0.3 is 4.90 Å². The van der Waals surface area contributed by atoms with Gasteiger partial charge in [0.1, 0.15) is 0 Å². The highest BCUT2D eigenvalue weighted by Gasteiger charge is 2.43. The zero-order chi connectivity index (χ0) is 15.3. The fourth-order valence-electron chi connectivity index (χ4n) is 2.88. The van der Waals surface area contributed by atoms with E-state index in [4.69, 9.17) is 0 Å². The van der Waals surface area contributed by atoms with Crippen molar-refractivity contribution in [2.45, 2.75) is 18.9 Å². The molecule has 2 aromatic rings. The molecule has 2 saturated heterocycles. The minimum atomic E-state index is -0.166. The molecule has 3 heterocycles. The molecule has 6 nitrogen and oxygen atoms in total. The van der Waals surface area contributed by atoms with Gasteiger partial charge in [-0.05, 0) is 12.1 Å². The summed E-state index contributed by atoms with van der Waals surface area (Å²) < 4.78 is 0.979. The Morgan fingerprint density at radius 1 is 1.14 bits per heavy atom. The number of nitrogens with zero attached hydrogens (tertiary/aromatic N) is 3. The van der Waals surface area contributed by atoms with E-state index in [1.54, 1.807) is 4.90 Å². The summed E-state index contributed by atoms with van der Waals surface area (Å²) in [7, 11) is 0. The standard InChI is InChI=1S/C15H13N3O3S/c19-12-5-6-13(20)18(12)9-7-17(8-9)15(21)14-16-10-3-1-2-4-11(10)22-14/h1-4,9H,5-8H2. The summed E-state index contributed by atoms with van der Waals surface area (Å²) in [4.78, 5) is 43.1. The molecule has 0 radical (unpaired) electrons. The Morgan fingerprint density at radius 3 is 2.50 bits per heavy atom. The lowest BCUT2D eigenvalue weighted by Crippen LogP contribution is -2.62. The number of benzene rings is 1. The first-order valence-electron chi connectivity index (χ1n) is 7.13. The second-order valence-corrected chi connectivity index (χ2v) is 6.54. The maximum absolute atomic E-state index is 12.4. The van der Waals surface area contributed by atoms with Crippen molar-refractivity contribution in [1.29, 1.82) is 0 Å². The van der Waals surface area contributed by atoms with Crippen LogP contribution in [0.3, 0.4) is 0 Å². The van der Waals surface area contributed by atoms with Crippen LogP contribution in [0, 0.1) is 0 Å². The number of fused-ring (bicyclic) bond motifs is 1. The van der Waals surface area contributed by atoms with Gasteiger partial charge in [0.05, 0.1) is 16.3 Å². The molecule has 0 aliphatic carbocycles. The molecule has 112 valence electrons. The number of para-hydroxylation sites is 1. The Bertz CT molecular complexity index is 745. The minimum absolute atomic E-state index is 0.123. The molecular weight excluding hydrogens is 302 g/mol. The maximum atomic E-state index is 12.4. The molecule has 2 fully saturated rings. The highest BCUT2D eigenvalue weighted by atomic mass is 32.1. The van der Waals surface area contributed by atoms with Crippen LogP contribution in [0.15, 0.2) is 24.3 Å². The molecule has 3 amide bonds. The van der Waals surface area contributed by atoms with Crippen molar-refractivity contribution in [2.75, 3.05) is 13.1 Å². The summed E-state index contributed by atoms with van der Waals surface area (Å²) in [5.74, 6) is -0.374. The third-order valence-corrected chi connectivity index (χ3v) is 5.11. The molecule has 2 aliphatic heterocycles. The van der Waals surface area contributed by atoms with Crippen LogP contribution in [0.25, 0.3) is 10.2 Å². The molecule has 1 aromatic carbocycles. The number of imide groups is 1. The zero-order valence-electron chi connectivity index (χ0n) is 11.7. The second kappa shape index (κ2) is 4.88. The Kier molecular flexibility index (Phi) is 2.97. The summed E-state index contributed by atoms with van der Waals surface area (Å²) in [6.45, 7) is 0.818. The number of carbonyl (C=O) groups is 3. The van der Waals surface area contributed by atoms with Gasteiger partial charge in [0.25, 0.3) is 5.91 Å². The quantitative estimate of drug-likeness (QED) is 0.783. The Labute approximate surface area is 130 Å². The predicted molar refractivity (Wildman–Crippen MR) is 80.4 cm³/mol. The van der Waals surface area contributed by atoms with Gasteiger partial charge in [-0.3, -0.25) is 19.3 Å². The summed E-state index contributed by atoms with van der Waals surface area (Å²) in [6.07, 6.45) is 0.586. The van der Waals surface area contributed by atoms with Crippen LogP contribution in [-0.4, -0.2) is 51.6 Å². The molecule has 4 rings (SSSR count). The molecule has 22 heavy (non-hydrogen) atoms. The van der Waals surface area contributed by atoms with Crippen LogP contribution in [0.1, 0.15) is 22.6 Å². The smallest absolute Gasteiger partial charge is 0.283 e. The first kappa shape index (κ1) is 13.4. The third-order valence-electron chi connectivity index (χ3n) is 4.08. The van der Waals surface area contributed by atoms with Gasteiger partial charge in [-0.1, -0.05) is 12.1 Å². The van der Waals surface area contributed by atoms with Gasteiger partial charge in [-0.2, -0.15) is 0 Å². The van der Waals surface area contributed by atoms with Crippen molar-refractivity contribution in [3.8, 4) is 0 Å². The van der Waals surface area contributed by atoms with Crippen LogP contribution < -0.4 is 0 Å².